The Hall–Kier alpha value is -1.87. The first-order valence-electron chi connectivity index (χ1n) is 8.13. The van der Waals surface area contributed by atoms with Crippen LogP contribution in [0.4, 0.5) is 0 Å². The zero-order valence-corrected chi connectivity index (χ0v) is 18.2. The largest absolute Gasteiger partial charge is 0.439 e. The van der Waals surface area contributed by atoms with Crippen LogP contribution in [0.5, 0.6) is 11.6 Å². The maximum Gasteiger partial charge on any atom is 0.224 e. The van der Waals surface area contributed by atoms with Gasteiger partial charge in [-0.2, -0.15) is 0 Å². The number of amides is 1. The second-order valence-corrected chi connectivity index (χ2v) is 8.20. The number of ether oxygens (including phenoxy) is 1. The molecule has 2 atom stereocenters. The van der Waals surface area contributed by atoms with Gasteiger partial charge in [0, 0.05) is 36.5 Å². The molecule has 0 radical (unpaired) electrons. The number of carbonyl (C=O) groups is 1. The van der Waals surface area contributed by atoms with Crippen molar-refractivity contribution in [3.63, 3.8) is 0 Å². The van der Waals surface area contributed by atoms with Crippen molar-refractivity contribution in [3.05, 3.63) is 48.2 Å². The van der Waals surface area contributed by atoms with E-state index in [4.69, 9.17) is 10.5 Å². The Morgan fingerprint density at radius 2 is 1.89 bits per heavy atom. The molecule has 1 aromatic carbocycles. The second-order valence-electron chi connectivity index (χ2n) is 6.18. The first-order valence-corrected chi connectivity index (χ1v) is 10.0. The van der Waals surface area contributed by atoms with Gasteiger partial charge in [-0.1, -0.05) is 19.1 Å². The Kier molecular flexibility index (Phi) is 10.5. The molecular formula is C18H25Cl2N3O4S. The molecule has 2 unspecified atom stereocenters. The number of sulfone groups is 1. The van der Waals surface area contributed by atoms with Gasteiger partial charge in [0.25, 0.3) is 0 Å². The summed E-state index contributed by atoms with van der Waals surface area (Å²) < 4.78 is 29.1. The smallest absolute Gasteiger partial charge is 0.224 e. The van der Waals surface area contributed by atoms with Gasteiger partial charge in [-0.25, -0.2) is 13.4 Å². The van der Waals surface area contributed by atoms with Gasteiger partial charge in [0.15, 0.2) is 9.84 Å². The standard InChI is InChI=1S/C18H23N3O4S.2ClH/c1-12(13(2)19)17(22)21-11-14-6-5-9-20-18(14)25-15-7-4-8-16(10-15)26(3,23)24;;/h4-10,12-13H,11,19H2,1-3H3,(H,21,22);2*1H. The molecule has 0 aliphatic rings. The van der Waals surface area contributed by atoms with E-state index in [1.807, 2.05) is 0 Å². The van der Waals surface area contributed by atoms with Crippen molar-refractivity contribution >= 4 is 40.6 Å². The van der Waals surface area contributed by atoms with E-state index in [0.717, 1.165) is 6.26 Å². The number of hydrogen-bond acceptors (Lipinski definition) is 6. The van der Waals surface area contributed by atoms with Crippen molar-refractivity contribution in [3.8, 4) is 11.6 Å². The van der Waals surface area contributed by atoms with E-state index in [1.54, 1.807) is 44.3 Å². The first kappa shape index (κ1) is 26.1. The zero-order chi connectivity index (χ0) is 19.3. The zero-order valence-electron chi connectivity index (χ0n) is 15.8. The molecule has 1 aromatic heterocycles. The van der Waals surface area contributed by atoms with Crippen LogP contribution in [0.1, 0.15) is 19.4 Å². The predicted molar refractivity (Wildman–Crippen MR) is 113 cm³/mol. The Labute approximate surface area is 177 Å². The van der Waals surface area contributed by atoms with Crippen LogP contribution in [0.25, 0.3) is 0 Å². The van der Waals surface area contributed by atoms with Crippen LogP contribution in [0.2, 0.25) is 0 Å². The molecule has 0 saturated heterocycles. The molecular weight excluding hydrogens is 425 g/mol. The highest BCUT2D eigenvalue weighted by Gasteiger charge is 2.17. The van der Waals surface area contributed by atoms with Gasteiger partial charge in [0.1, 0.15) is 5.75 Å². The molecule has 0 fully saturated rings. The van der Waals surface area contributed by atoms with Crippen molar-refractivity contribution in [2.45, 2.75) is 31.3 Å². The Morgan fingerprint density at radius 1 is 1.21 bits per heavy atom. The number of nitrogens with two attached hydrogens (primary N) is 1. The van der Waals surface area contributed by atoms with E-state index in [1.165, 1.54) is 12.1 Å². The van der Waals surface area contributed by atoms with Crippen LogP contribution >= 0.6 is 24.8 Å². The fourth-order valence-corrected chi connectivity index (χ4v) is 2.77. The lowest BCUT2D eigenvalue weighted by molar-refractivity contribution is -0.125. The highest BCUT2D eigenvalue weighted by molar-refractivity contribution is 7.90. The third-order valence-electron chi connectivity index (χ3n) is 3.95. The lowest BCUT2D eigenvalue weighted by Gasteiger charge is -2.16. The Balaban J connectivity index is 0.00000364. The van der Waals surface area contributed by atoms with Gasteiger partial charge in [0.05, 0.1) is 4.90 Å². The van der Waals surface area contributed by atoms with E-state index in [9.17, 15) is 13.2 Å². The Bertz CT molecular complexity index is 892. The van der Waals surface area contributed by atoms with E-state index >= 15 is 0 Å². The van der Waals surface area contributed by atoms with Crippen molar-refractivity contribution < 1.29 is 17.9 Å². The van der Waals surface area contributed by atoms with Crippen molar-refractivity contribution in [1.82, 2.24) is 10.3 Å². The van der Waals surface area contributed by atoms with Crippen LogP contribution in [0.3, 0.4) is 0 Å². The summed E-state index contributed by atoms with van der Waals surface area (Å²) in [5.74, 6) is 0.173. The summed E-state index contributed by atoms with van der Waals surface area (Å²) in [6, 6.07) is 9.43. The highest BCUT2D eigenvalue weighted by Crippen LogP contribution is 2.25. The van der Waals surface area contributed by atoms with Gasteiger partial charge in [-0.15, -0.1) is 24.8 Å². The molecule has 0 aliphatic heterocycles. The third kappa shape index (κ3) is 7.27. The van der Waals surface area contributed by atoms with Gasteiger partial charge >= 0.3 is 0 Å². The molecule has 0 bridgehead atoms. The van der Waals surface area contributed by atoms with Crippen molar-refractivity contribution in [2.75, 3.05) is 6.26 Å². The van der Waals surface area contributed by atoms with E-state index < -0.39 is 9.84 Å². The molecule has 0 saturated carbocycles. The first-order chi connectivity index (χ1) is 12.2. The topological polar surface area (TPSA) is 111 Å². The van der Waals surface area contributed by atoms with Gasteiger partial charge in [-0.3, -0.25) is 4.79 Å². The van der Waals surface area contributed by atoms with E-state index in [-0.39, 0.29) is 54.1 Å². The number of hydrogen-bond donors (Lipinski definition) is 2. The molecule has 1 amide bonds. The minimum absolute atomic E-state index is 0. The molecule has 10 heteroatoms. The number of pyridine rings is 1. The predicted octanol–water partition coefficient (Wildman–Crippen LogP) is 2.72. The SMILES string of the molecule is CC(N)C(C)C(=O)NCc1cccnc1Oc1cccc(S(C)(=O)=O)c1.Cl.Cl. The van der Waals surface area contributed by atoms with Gasteiger partial charge in [-0.05, 0) is 31.2 Å². The summed E-state index contributed by atoms with van der Waals surface area (Å²) in [4.78, 5) is 16.4. The average molecular weight is 450 g/mol. The molecule has 0 spiro atoms. The summed E-state index contributed by atoms with van der Waals surface area (Å²) >= 11 is 0. The molecule has 28 heavy (non-hydrogen) atoms. The normalized spacial score (nSPS) is 12.7. The quantitative estimate of drug-likeness (QED) is 0.671. The second kappa shape index (κ2) is 11.2. The Morgan fingerprint density at radius 3 is 2.50 bits per heavy atom. The lowest BCUT2D eigenvalue weighted by Crippen LogP contribution is -2.38. The molecule has 0 aliphatic carbocycles. The number of aromatic nitrogens is 1. The maximum absolute atomic E-state index is 12.1. The molecule has 2 aromatic rings. The van der Waals surface area contributed by atoms with Crippen LogP contribution in [-0.2, 0) is 21.2 Å². The summed E-state index contributed by atoms with van der Waals surface area (Å²) in [5, 5.41) is 2.81. The van der Waals surface area contributed by atoms with E-state index in [2.05, 4.69) is 10.3 Å². The van der Waals surface area contributed by atoms with Crippen molar-refractivity contribution in [1.29, 1.82) is 0 Å². The van der Waals surface area contributed by atoms with Gasteiger partial charge < -0.3 is 15.8 Å². The number of nitrogens with one attached hydrogen (secondary N) is 1. The molecule has 156 valence electrons. The third-order valence-corrected chi connectivity index (χ3v) is 5.06. The molecule has 2 rings (SSSR count). The van der Waals surface area contributed by atoms with E-state index in [0.29, 0.717) is 17.2 Å². The monoisotopic (exact) mass is 449 g/mol. The summed E-state index contributed by atoms with van der Waals surface area (Å²) in [7, 11) is -3.34. The number of carbonyl (C=O) groups excluding carboxylic acids is 1. The molecule has 1 heterocycles. The fourth-order valence-electron chi connectivity index (χ4n) is 2.11. The molecule has 3 N–H and O–H groups in total. The van der Waals surface area contributed by atoms with Crippen molar-refractivity contribution in [2.24, 2.45) is 11.7 Å². The number of halogens is 2. The molecule has 7 nitrogen and oxygen atoms in total. The highest BCUT2D eigenvalue weighted by atomic mass is 35.5. The number of benzene rings is 1. The van der Waals surface area contributed by atoms with Crippen LogP contribution in [0, 0.1) is 5.92 Å². The fraction of sp³-hybridized carbons (Fsp3) is 0.333. The minimum atomic E-state index is -3.34. The van der Waals surface area contributed by atoms with Crippen LogP contribution < -0.4 is 15.8 Å². The lowest BCUT2D eigenvalue weighted by atomic mass is 10.0. The maximum atomic E-state index is 12.1. The summed E-state index contributed by atoms with van der Waals surface area (Å²) in [6.45, 7) is 3.76. The average Bonchev–Trinajstić information content (AvgIpc) is 2.59. The summed E-state index contributed by atoms with van der Waals surface area (Å²) in [6.07, 6.45) is 2.69. The van der Waals surface area contributed by atoms with Gasteiger partial charge in [0.2, 0.25) is 11.8 Å². The summed E-state index contributed by atoms with van der Waals surface area (Å²) in [5.41, 5.74) is 6.41. The van der Waals surface area contributed by atoms with Crippen LogP contribution in [-0.4, -0.2) is 31.6 Å². The number of nitrogens with zero attached hydrogens (tertiary/aromatic N) is 1. The minimum Gasteiger partial charge on any atom is -0.439 e. The van der Waals surface area contributed by atoms with Crippen LogP contribution in [0.15, 0.2) is 47.5 Å². The number of rotatable bonds is 7.